The summed E-state index contributed by atoms with van der Waals surface area (Å²) in [6, 6.07) is -0.311. The van der Waals surface area contributed by atoms with Crippen molar-refractivity contribution in [1.29, 1.82) is 0 Å². The summed E-state index contributed by atoms with van der Waals surface area (Å²) in [5.74, 6) is -0.0670. The molecule has 0 aliphatic carbocycles. The van der Waals surface area contributed by atoms with Crippen LogP contribution in [0.15, 0.2) is 0 Å². The summed E-state index contributed by atoms with van der Waals surface area (Å²) in [6.45, 7) is 6.41. The van der Waals surface area contributed by atoms with Crippen molar-refractivity contribution in [3.63, 3.8) is 0 Å². The molecule has 3 amide bonds. The Morgan fingerprint density at radius 3 is 1.70 bits per heavy atom. The van der Waals surface area contributed by atoms with E-state index in [1.165, 1.54) is 0 Å². The largest absolute Gasteiger partial charge is 0.379 e. The van der Waals surface area contributed by atoms with Crippen molar-refractivity contribution in [3.8, 4) is 0 Å². The number of rotatable bonds is 28. The molecule has 0 bridgehead atoms. The molecule has 3 unspecified atom stereocenters. The number of hydrogen-bond acceptors (Lipinski definition) is 7. The zero-order chi connectivity index (χ0) is 29.8. The van der Waals surface area contributed by atoms with Gasteiger partial charge >= 0.3 is 0 Å². The van der Waals surface area contributed by atoms with Gasteiger partial charge in [-0.15, -0.1) is 0 Å². The predicted octanol–water partition coefficient (Wildman–Crippen LogP) is 2.96. The zero-order valence-electron chi connectivity index (χ0n) is 25.6. The Bertz CT molecular complexity index is 635. The van der Waals surface area contributed by atoms with Crippen LogP contribution in [0.3, 0.4) is 0 Å². The minimum Gasteiger partial charge on any atom is -0.379 e. The summed E-state index contributed by atoms with van der Waals surface area (Å²) < 4.78 is 0. The first kappa shape index (κ1) is 38.2. The van der Waals surface area contributed by atoms with E-state index in [0.29, 0.717) is 38.9 Å². The highest BCUT2D eigenvalue weighted by Crippen LogP contribution is 2.08. The second-order valence-electron chi connectivity index (χ2n) is 11.1. The summed E-state index contributed by atoms with van der Waals surface area (Å²) in [4.78, 5) is 37.2. The molecular formula is C30H62N6O4. The average Bonchev–Trinajstić information content (AvgIpc) is 2.91. The second-order valence-corrected chi connectivity index (χ2v) is 11.1. The van der Waals surface area contributed by atoms with Crippen LogP contribution in [0.25, 0.3) is 0 Å². The Balaban J connectivity index is 4.03. The molecule has 0 rings (SSSR count). The van der Waals surface area contributed by atoms with Crippen LogP contribution in [0.4, 0.5) is 0 Å². The van der Waals surface area contributed by atoms with E-state index in [1.807, 2.05) is 6.92 Å². The molecule has 0 radical (unpaired) electrons. The molecule has 0 aliphatic rings. The number of unbranched alkanes of at least 4 members (excludes halogenated alkanes) is 10. The third-order valence-corrected chi connectivity index (χ3v) is 7.00. The number of carbonyl (C=O) groups is 3. The van der Waals surface area contributed by atoms with E-state index in [-0.39, 0.29) is 23.8 Å². The van der Waals surface area contributed by atoms with E-state index >= 15 is 0 Å². The van der Waals surface area contributed by atoms with Gasteiger partial charge in [0.15, 0.2) is 0 Å². The van der Waals surface area contributed by atoms with E-state index in [4.69, 9.17) is 11.5 Å². The van der Waals surface area contributed by atoms with Gasteiger partial charge in [0, 0.05) is 25.4 Å². The predicted molar refractivity (Wildman–Crippen MR) is 163 cm³/mol. The first-order valence-corrected chi connectivity index (χ1v) is 16.0. The van der Waals surface area contributed by atoms with Crippen LogP contribution in [-0.4, -0.2) is 67.3 Å². The summed E-state index contributed by atoms with van der Waals surface area (Å²) in [6.07, 6.45) is 15.4. The lowest BCUT2D eigenvalue weighted by molar-refractivity contribution is -0.129. The van der Waals surface area contributed by atoms with Crippen LogP contribution in [-0.2, 0) is 14.4 Å². The van der Waals surface area contributed by atoms with Crippen molar-refractivity contribution in [3.05, 3.63) is 0 Å². The first-order chi connectivity index (χ1) is 19.3. The van der Waals surface area contributed by atoms with Crippen LogP contribution in [0, 0.1) is 0 Å². The topological polar surface area (TPSA) is 172 Å². The highest BCUT2D eigenvalue weighted by molar-refractivity contribution is 5.87. The molecule has 10 nitrogen and oxygen atoms in total. The number of nitrogens with two attached hydrogens (primary N) is 2. The average molecular weight is 571 g/mol. The maximum absolute atomic E-state index is 12.7. The number of hydrogen-bond donors (Lipinski definition) is 7. The maximum atomic E-state index is 12.7. The third kappa shape index (κ3) is 25.2. The lowest BCUT2D eigenvalue weighted by atomic mass is 10.1. The van der Waals surface area contributed by atoms with Gasteiger partial charge in [0.1, 0.15) is 12.3 Å². The van der Waals surface area contributed by atoms with E-state index in [2.05, 4.69) is 21.3 Å². The lowest BCUT2D eigenvalue weighted by Gasteiger charge is -2.18. The molecule has 0 aromatic heterocycles. The summed E-state index contributed by atoms with van der Waals surface area (Å²) in [5.41, 5.74) is 11.1. The van der Waals surface area contributed by atoms with Crippen molar-refractivity contribution in [2.75, 3.05) is 26.2 Å². The van der Waals surface area contributed by atoms with Gasteiger partial charge in [-0.05, 0) is 91.3 Å². The van der Waals surface area contributed by atoms with Crippen LogP contribution in [0.1, 0.15) is 129 Å². The van der Waals surface area contributed by atoms with Crippen molar-refractivity contribution >= 4 is 17.7 Å². The normalized spacial score (nSPS) is 13.4. The van der Waals surface area contributed by atoms with Gasteiger partial charge in [0.2, 0.25) is 17.7 Å². The molecule has 0 aromatic rings. The molecule has 3 atom stereocenters. The van der Waals surface area contributed by atoms with Gasteiger partial charge in [-0.25, -0.2) is 0 Å². The van der Waals surface area contributed by atoms with Gasteiger partial charge in [0.25, 0.3) is 0 Å². The maximum Gasteiger partial charge on any atom is 0.242 e. The second kappa shape index (κ2) is 27.4. The van der Waals surface area contributed by atoms with E-state index in [0.717, 1.165) is 103 Å². The first-order valence-electron chi connectivity index (χ1n) is 16.0. The van der Waals surface area contributed by atoms with Crippen LogP contribution in [0.5, 0.6) is 0 Å². The molecule has 0 aromatic carbocycles. The lowest BCUT2D eigenvalue weighted by Crippen LogP contribution is -2.47. The summed E-state index contributed by atoms with van der Waals surface area (Å²) in [7, 11) is 0. The number of carbonyl (C=O) groups excluding carboxylic acids is 3. The zero-order valence-corrected chi connectivity index (χ0v) is 25.6. The molecule has 0 spiro atoms. The number of amides is 3. The Kier molecular flexibility index (Phi) is 26.2. The summed E-state index contributed by atoms with van der Waals surface area (Å²) >= 11 is 0. The molecule has 40 heavy (non-hydrogen) atoms. The molecule has 10 heteroatoms. The SMILES string of the molecule is CC(O)NCCCCCCCC(=O)NC(CCCCN)C(=O)NCCCCCCCC(=O)NC(C)CCCCN. The Labute approximate surface area is 243 Å². The van der Waals surface area contributed by atoms with E-state index in [9.17, 15) is 19.5 Å². The van der Waals surface area contributed by atoms with Crippen molar-refractivity contribution in [1.82, 2.24) is 21.3 Å². The van der Waals surface area contributed by atoms with Gasteiger partial charge in [-0.1, -0.05) is 44.9 Å². The van der Waals surface area contributed by atoms with E-state index < -0.39 is 12.3 Å². The quantitative estimate of drug-likeness (QED) is 0.0559. The molecule has 0 saturated heterocycles. The van der Waals surface area contributed by atoms with Gasteiger partial charge in [0.05, 0.1) is 0 Å². The molecule has 9 N–H and O–H groups in total. The van der Waals surface area contributed by atoms with Gasteiger partial charge < -0.3 is 32.5 Å². The van der Waals surface area contributed by atoms with Crippen LogP contribution >= 0.6 is 0 Å². The van der Waals surface area contributed by atoms with Gasteiger partial charge in [-0.3, -0.25) is 19.7 Å². The Hall–Kier alpha value is -1.75. The molecule has 0 saturated carbocycles. The third-order valence-electron chi connectivity index (χ3n) is 7.00. The van der Waals surface area contributed by atoms with Crippen molar-refractivity contribution < 1.29 is 19.5 Å². The highest BCUT2D eigenvalue weighted by atomic mass is 16.3. The molecule has 236 valence electrons. The fraction of sp³-hybridized carbons (Fsp3) is 0.900. The smallest absolute Gasteiger partial charge is 0.242 e. The Morgan fingerprint density at radius 2 is 1.12 bits per heavy atom. The minimum atomic E-state index is -0.512. The standard InChI is InChI=1S/C30H62N6O4/c1-25(17-11-13-21-31)35-28(38)19-9-5-4-8-16-24-34-30(40)27(18-12-14-22-32)36-29(39)20-10-6-3-7-15-23-33-26(2)37/h25-27,33,37H,3-24,31-32H2,1-2H3,(H,34,40)(H,35,38)(H,36,39). The molecular weight excluding hydrogens is 508 g/mol. The summed E-state index contributed by atoms with van der Waals surface area (Å²) in [5, 5.41) is 21.1. The number of nitrogens with one attached hydrogen (secondary N) is 4. The van der Waals surface area contributed by atoms with Crippen LogP contribution < -0.4 is 32.7 Å². The number of aliphatic hydroxyl groups excluding tert-OH is 1. The fourth-order valence-corrected chi connectivity index (χ4v) is 4.57. The van der Waals surface area contributed by atoms with Gasteiger partial charge in [-0.2, -0.15) is 0 Å². The monoisotopic (exact) mass is 570 g/mol. The van der Waals surface area contributed by atoms with Crippen molar-refractivity contribution in [2.45, 2.75) is 148 Å². The van der Waals surface area contributed by atoms with E-state index in [1.54, 1.807) is 6.92 Å². The molecule has 0 heterocycles. The highest BCUT2D eigenvalue weighted by Gasteiger charge is 2.19. The fourth-order valence-electron chi connectivity index (χ4n) is 4.57. The molecule has 0 aliphatic heterocycles. The minimum absolute atomic E-state index is 0.0716. The Morgan fingerprint density at radius 1 is 0.625 bits per heavy atom. The van der Waals surface area contributed by atoms with Crippen LogP contribution in [0.2, 0.25) is 0 Å². The number of aliphatic hydroxyl groups is 1. The molecule has 0 fully saturated rings. The van der Waals surface area contributed by atoms with Crippen molar-refractivity contribution in [2.24, 2.45) is 11.5 Å².